The second-order valence-corrected chi connectivity index (χ2v) is 5.31. The van der Waals surface area contributed by atoms with Crippen LogP contribution in [0.25, 0.3) is 0 Å². The summed E-state index contributed by atoms with van der Waals surface area (Å²) in [6.45, 7) is 2.43. The molecule has 0 aliphatic heterocycles. The van der Waals surface area contributed by atoms with E-state index in [1.54, 1.807) is 24.3 Å². The van der Waals surface area contributed by atoms with Gasteiger partial charge in [-0.1, -0.05) is 17.9 Å². The zero-order valence-corrected chi connectivity index (χ0v) is 14.6. The van der Waals surface area contributed by atoms with Crippen molar-refractivity contribution in [3.63, 3.8) is 0 Å². The summed E-state index contributed by atoms with van der Waals surface area (Å²) in [5, 5.41) is 2.62. The van der Waals surface area contributed by atoms with Gasteiger partial charge in [-0.05, 0) is 49.4 Å². The molecule has 4 nitrogen and oxygen atoms in total. The van der Waals surface area contributed by atoms with Gasteiger partial charge in [-0.25, -0.2) is 0 Å². The van der Waals surface area contributed by atoms with Gasteiger partial charge in [0.05, 0.1) is 18.7 Å². The van der Waals surface area contributed by atoms with E-state index in [0.29, 0.717) is 17.9 Å². The Kier molecular flexibility index (Phi) is 7.12. The molecule has 0 saturated heterocycles. The Bertz CT molecular complexity index is 821. The summed E-state index contributed by atoms with van der Waals surface area (Å²) in [5.41, 5.74) is -0.309. The lowest BCUT2D eigenvalue weighted by Gasteiger charge is -2.08. The van der Waals surface area contributed by atoms with E-state index in [2.05, 4.69) is 17.2 Å². The molecule has 142 valence electrons. The van der Waals surface area contributed by atoms with Crippen LogP contribution in [0.2, 0.25) is 0 Å². The van der Waals surface area contributed by atoms with Crippen molar-refractivity contribution in [1.29, 1.82) is 0 Å². The van der Waals surface area contributed by atoms with Crippen LogP contribution < -0.4 is 14.8 Å². The van der Waals surface area contributed by atoms with E-state index in [4.69, 9.17) is 9.47 Å². The monoisotopic (exact) mass is 377 g/mol. The average Bonchev–Trinajstić information content (AvgIpc) is 2.65. The quantitative estimate of drug-likeness (QED) is 0.777. The number of carbonyl (C=O) groups is 1. The summed E-state index contributed by atoms with van der Waals surface area (Å²) in [4.78, 5) is 11.9. The first-order valence-electron chi connectivity index (χ1n) is 8.17. The van der Waals surface area contributed by atoms with E-state index in [9.17, 15) is 18.0 Å². The van der Waals surface area contributed by atoms with E-state index >= 15 is 0 Å². The topological polar surface area (TPSA) is 47.6 Å². The standard InChI is InChI=1S/C20H18F3NO3/c1-2-26-17-10-8-15(9-11-17)19(25)24-12-3-4-13-27-18-7-5-6-16(14-18)20(21,22)23/h5-11,14H,2,12-13H2,1H3,(H,24,25). The summed E-state index contributed by atoms with van der Waals surface area (Å²) < 4.78 is 48.3. The number of benzene rings is 2. The first-order valence-corrected chi connectivity index (χ1v) is 8.17. The second kappa shape index (κ2) is 9.53. The fourth-order valence-electron chi connectivity index (χ4n) is 2.09. The lowest BCUT2D eigenvalue weighted by Crippen LogP contribution is -2.23. The van der Waals surface area contributed by atoms with Crippen LogP contribution >= 0.6 is 0 Å². The number of ether oxygens (including phenoxy) is 2. The lowest BCUT2D eigenvalue weighted by atomic mass is 10.2. The van der Waals surface area contributed by atoms with Gasteiger partial charge >= 0.3 is 6.18 Å². The van der Waals surface area contributed by atoms with Crippen LogP contribution in [0.1, 0.15) is 22.8 Å². The minimum absolute atomic E-state index is 0.0811. The summed E-state index contributed by atoms with van der Waals surface area (Å²) in [5.74, 6) is 5.79. The molecule has 2 aromatic rings. The van der Waals surface area contributed by atoms with E-state index in [1.807, 2.05) is 6.92 Å². The minimum atomic E-state index is -4.42. The molecule has 0 saturated carbocycles. The third-order valence-electron chi connectivity index (χ3n) is 3.36. The number of halogens is 3. The molecule has 0 heterocycles. The van der Waals surface area contributed by atoms with E-state index in [-0.39, 0.29) is 24.8 Å². The van der Waals surface area contributed by atoms with Crippen LogP contribution in [0.15, 0.2) is 48.5 Å². The molecule has 0 spiro atoms. The van der Waals surface area contributed by atoms with Gasteiger partial charge in [-0.2, -0.15) is 13.2 Å². The molecule has 0 bridgehead atoms. The molecule has 0 fully saturated rings. The van der Waals surface area contributed by atoms with Gasteiger partial charge < -0.3 is 14.8 Å². The van der Waals surface area contributed by atoms with Gasteiger partial charge in [0.25, 0.3) is 5.91 Å². The van der Waals surface area contributed by atoms with Crippen molar-refractivity contribution >= 4 is 5.91 Å². The molecular formula is C20H18F3NO3. The van der Waals surface area contributed by atoms with Crippen LogP contribution in [0, 0.1) is 11.8 Å². The normalized spacial score (nSPS) is 10.5. The molecule has 2 rings (SSSR count). The van der Waals surface area contributed by atoms with Gasteiger partial charge in [-0.3, -0.25) is 4.79 Å². The molecule has 7 heteroatoms. The molecule has 0 atom stereocenters. The number of hydrogen-bond donors (Lipinski definition) is 1. The van der Waals surface area contributed by atoms with Crippen molar-refractivity contribution in [3.8, 4) is 23.3 Å². The minimum Gasteiger partial charge on any atom is -0.494 e. The Hall–Kier alpha value is -3.14. The summed E-state index contributed by atoms with van der Waals surface area (Å²) >= 11 is 0. The van der Waals surface area contributed by atoms with Crippen molar-refractivity contribution in [2.45, 2.75) is 13.1 Å². The number of alkyl halides is 3. The molecule has 1 amide bonds. The van der Waals surface area contributed by atoms with Crippen LogP contribution in [0.4, 0.5) is 13.2 Å². The van der Waals surface area contributed by atoms with Crippen LogP contribution in [0.5, 0.6) is 11.5 Å². The highest BCUT2D eigenvalue weighted by Gasteiger charge is 2.30. The third kappa shape index (κ3) is 6.59. The van der Waals surface area contributed by atoms with E-state index in [0.717, 1.165) is 12.1 Å². The zero-order chi connectivity index (χ0) is 19.7. The van der Waals surface area contributed by atoms with Gasteiger partial charge in [0.2, 0.25) is 0 Å². The average molecular weight is 377 g/mol. The van der Waals surface area contributed by atoms with Crippen LogP contribution in [-0.2, 0) is 6.18 Å². The Balaban J connectivity index is 1.77. The SMILES string of the molecule is CCOc1ccc(C(=O)NCC#CCOc2cccc(C(F)(F)F)c2)cc1. The molecule has 0 unspecified atom stereocenters. The second-order valence-electron chi connectivity index (χ2n) is 5.31. The fourth-order valence-corrected chi connectivity index (χ4v) is 2.09. The Labute approximate surface area is 155 Å². The first-order chi connectivity index (χ1) is 12.9. The molecule has 1 N–H and O–H groups in total. The maximum absolute atomic E-state index is 12.6. The fraction of sp³-hybridized carbons (Fsp3) is 0.250. The predicted molar refractivity (Wildman–Crippen MR) is 94.7 cm³/mol. The Morgan fingerprint density at radius 3 is 2.44 bits per heavy atom. The van der Waals surface area contributed by atoms with Gasteiger partial charge in [-0.15, -0.1) is 0 Å². The van der Waals surface area contributed by atoms with Crippen molar-refractivity contribution < 1.29 is 27.4 Å². The van der Waals surface area contributed by atoms with Crippen molar-refractivity contribution in [1.82, 2.24) is 5.32 Å². The maximum Gasteiger partial charge on any atom is 0.416 e. The first kappa shape index (κ1) is 20.2. The molecule has 0 aromatic heterocycles. The van der Waals surface area contributed by atoms with Gasteiger partial charge in [0, 0.05) is 5.56 Å². The number of nitrogens with one attached hydrogen (secondary N) is 1. The highest BCUT2D eigenvalue weighted by molar-refractivity contribution is 5.94. The third-order valence-corrected chi connectivity index (χ3v) is 3.36. The Morgan fingerprint density at radius 1 is 1.04 bits per heavy atom. The van der Waals surface area contributed by atoms with Crippen LogP contribution in [0.3, 0.4) is 0 Å². The highest BCUT2D eigenvalue weighted by atomic mass is 19.4. The predicted octanol–water partition coefficient (Wildman–Crippen LogP) is 3.92. The van der Waals surface area contributed by atoms with Gasteiger partial charge in [0.1, 0.15) is 18.1 Å². The molecule has 2 aromatic carbocycles. The Morgan fingerprint density at radius 2 is 1.78 bits per heavy atom. The van der Waals surface area contributed by atoms with Gasteiger partial charge in [0.15, 0.2) is 0 Å². The van der Waals surface area contributed by atoms with E-state index < -0.39 is 11.7 Å². The zero-order valence-electron chi connectivity index (χ0n) is 14.6. The van der Waals surface area contributed by atoms with Crippen molar-refractivity contribution in [2.75, 3.05) is 19.8 Å². The largest absolute Gasteiger partial charge is 0.494 e. The lowest BCUT2D eigenvalue weighted by molar-refractivity contribution is -0.137. The molecular weight excluding hydrogens is 359 g/mol. The number of carbonyl (C=O) groups excluding carboxylic acids is 1. The van der Waals surface area contributed by atoms with Crippen LogP contribution in [-0.4, -0.2) is 25.7 Å². The molecule has 0 aliphatic carbocycles. The molecule has 27 heavy (non-hydrogen) atoms. The number of hydrogen-bond acceptors (Lipinski definition) is 3. The van der Waals surface area contributed by atoms with E-state index in [1.165, 1.54) is 12.1 Å². The summed E-state index contributed by atoms with van der Waals surface area (Å²) in [7, 11) is 0. The van der Waals surface area contributed by atoms with Crippen molar-refractivity contribution in [3.05, 3.63) is 59.7 Å². The summed E-state index contributed by atoms with van der Waals surface area (Å²) in [6, 6.07) is 11.3. The molecule has 0 radical (unpaired) electrons. The van der Waals surface area contributed by atoms with Crippen molar-refractivity contribution in [2.24, 2.45) is 0 Å². The molecule has 0 aliphatic rings. The smallest absolute Gasteiger partial charge is 0.416 e. The highest BCUT2D eigenvalue weighted by Crippen LogP contribution is 2.31. The maximum atomic E-state index is 12.6. The summed E-state index contributed by atoms with van der Waals surface area (Å²) in [6.07, 6.45) is -4.42. The number of rotatable bonds is 6. The number of amides is 1.